The number of carbonyl (C=O) groups is 1. The number of rotatable bonds is 3. The van der Waals surface area contributed by atoms with Crippen molar-refractivity contribution in [2.45, 2.75) is 31.7 Å². The number of aliphatic carboxylic acids is 1. The van der Waals surface area contributed by atoms with Crippen LogP contribution >= 0.6 is 15.9 Å². The van der Waals surface area contributed by atoms with E-state index in [0.717, 1.165) is 36.7 Å². The molecule has 1 aliphatic heterocycles. The van der Waals surface area contributed by atoms with Crippen LogP contribution in [0.1, 0.15) is 25.7 Å². The molecule has 80 valence electrons. The van der Waals surface area contributed by atoms with Gasteiger partial charge in [0.05, 0.1) is 0 Å². The number of halogens is 1. The molecule has 1 saturated heterocycles. The second kappa shape index (κ2) is 5.51. The van der Waals surface area contributed by atoms with Crippen LogP contribution in [-0.2, 0) is 4.79 Å². The summed E-state index contributed by atoms with van der Waals surface area (Å²) < 4.78 is 0.852. The zero-order valence-electron chi connectivity index (χ0n) is 8.21. The second-order valence-corrected chi connectivity index (χ2v) is 4.81. The molecule has 0 bridgehead atoms. The Kier molecular flexibility index (Phi) is 4.62. The van der Waals surface area contributed by atoms with Gasteiger partial charge in [0.25, 0.3) is 0 Å². The summed E-state index contributed by atoms with van der Waals surface area (Å²) in [6.45, 7) is 5.25. The largest absolute Gasteiger partial charge is 0.480 e. The third-order valence-corrected chi connectivity index (χ3v) is 2.77. The summed E-state index contributed by atoms with van der Waals surface area (Å²) in [4.78, 5) is 13.0. The minimum absolute atomic E-state index is 0.327. The van der Waals surface area contributed by atoms with Crippen molar-refractivity contribution < 1.29 is 9.90 Å². The summed E-state index contributed by atoms with van der Waals surface area (Å²) >= 11 is 3.28. The van der Waals surface area contributed by atoms with Crippen molar-refractivity contribution in [1.29, 1.82) is 0 Å². The van der Waals surface area contributed by atoms with E-state index in [0.29, 0.717) is 6.54 Å². The van der Waals surface area contributed by atoms with Gasteiger partial charge in [0.15, 0.2) is 0 Å². The molecule has 4 heteroatoms. The van der Waals surface area contributed by atoms with Gasteiger partial charge >= 0.3 is 5.97 Å². The number of carboxylic acids is 1. The van der Waals surface area contributed by atoms with E-state index in [1.165, 1.54) is 0 Å². The Bertz CT molecular complexity index is 230. The van der Waals surface area contributed by atoms with Crippen LogP contribution < -0.4 is 0 Å². The third-order valence-electron chi connectivity index (χ3n) is 2.52. The lowest BCUT2D eigenvalue weighted by molar-refractivity contribution is -0.143. The fourth-order valence-corrected chi connectivity index (χ4v) is 2.18. The highest BCUT2D eigenvalue weighted by Crippen LogP contribution is 2.19. The molecule has 14 heavy (non-hydrogen) atoms. The minimum atomic E-state index is -0.708. The number of hydrogen-bond acceptors (Lipinski definition) is 2. The van der Waals surface area contributed by atoms with E-state index in [4.69, 9.17) is 5.11 Å². The van der Waals surface area contributed by atoms with Gasteiger partial charge in [-0.25, -0.2) is 0 Å². The van der Waals surface area contributed by atoms with Crippen LogP contribution in [0.2, 0.25) is 0 Å². The van der Waals surface area contributed by atoms with E-state index in [2.05, 4.69) is 22.5 Å². The molecule has 3 nitrogen and oxygen atoms in total. The first-order chi connectivity index (χ1) is 6.61. The van der Waals surface area contributed by atoms with Crippen molar-refractivity contribution in [3.8, 4) is 0 Å². The highest BCUT2D eigenvalue weighted by atomic mass is 79.9. The van der Waals surface area contributed by atoms with Gasteiger partial charge in [-0.2, -0.15) is 0 Å². The van der Waals surface area contributed by atoms with E-state index < -0.39 is 5.97 Å². The predicted octanol–water partition coefficient (Wildman–Crippen LogP) is 2.22. The van der Waals surface area contributed by atoms with Crippen LogP contribution in [0, 0.1) is 0 Å². The molecule has 0 spiro atoms. The predicted molar refractivity (Wildman–Crippen MR) is 59.5 cm³/mol. The summed E-state index contributed by atoms with van der Waals surface area (Å²) in [5.41, 5.74) is 0. The zero-order chi connectivity index (χ0) is 10.6. The highest BCUT2D eigenvalue weighted by molar-refractivity contribution is 9.11. The topological polar surface area (TPSA) is 40.5 Å². The van der Waals surface area contributed by atoms with Crippen LogP contribution in [0.5, 0.6) is 0 Å². The Morgan fingerprint density at radius 2 is 2.21 bits per heavy atom. The Hall–Kier alpha value is -0.350. The molecule has 0 radical (unpaired) electrons. The quantitative estimate of drug-likeness (QED) is 0.847. The van der Waals surface area contributed by atoms with E-state index in [1.807, 2.05) is 4.90 Å². The van der Waals surface area contributed by atoms with Crippen LogP contribution in [0.4, 0.5) is 0 Å². The van der Waals surface area contributed by atoms with E-state index >= 15 is 0 Å². The van der Waals surface area contributed by atoms with Crippen LogP contribution in [0.25, 0.3) is 0 Å². The number of likely N-dealkylation sites (tertiary alicyclic amines) is 1. The molecule has 1 aliphatic rings. The third kappa shape index (κ3) is 3.42. The van der Waals surface area contributed by atoms with Crippen molar-refractivity contribution in [2.75, 3.05) is 13.1 Å². The smallest absolute Gasteiger partial charge is 0.320 e. The summed E-state index contributed by atoms with van der Waals surface area (Å²) in [6, 6.07) is -0.327. The average molecular weight is 262 g/mol. The number of carboxylic acid groups (broad SMARTS) is 1. The highest BCUT2D eigenvalue weighted by Gasteiger charge is 2.26. The van der Waals surface area contributed by atoms with Gasteiger partial charge < -0.3 is 5.11 Å². The van der Waals surface area contributed by atoms with E-state index in [1.54, 1.807) is 0 Å². The number of hydrogen-bond donors (Lipinski definition) is 1. The molecular weight excluding hydrogens is 246 g/mol. The van der Waals surface area contributed by atoms with Crippen LogP contribution in [0.3, 0.4) is 0 Å². The van der Waals surface area contributed by atoms with Crippen molar-refractivity contribution in [1.82, 2.24) is 4.90 Å². The molecular formula is C10H16BrNO2. The molecule has 0 saturated carbocycles. The lowest BCUT2D eigenvalue weighted by atomic mass is 10.1. The molecule has 0 aliphatic carbocycles. The average Bonchev–Trinajstić information content (AvgIpc) is 2.28. The summed E-state index contributed by atoms with van der Waals surface area (Å²) in [5, 5.41) is 9.06. The van der Waals surface area contributed by atoms with Crippen LogP contribution in [-0.4, -0.2) is 35.1 Å². The SMILES string of the molecule is C=C(Br)CN1CCCCCC1C(=O)O. The normalized spacial score (nSPS) is 24.2. The van der Waals surface area contributed by atoms with Gasteiger partial charge in [-0.15, -0.1) is 0 Å². The zero-order valence-corrected chi connectivity index (χ0v) is 9.79. The molecule has 0 aromatic heterocycles. The molecule has 0 aromatic carbocycles. The van der Waals surface area contributed by atoms with Crippen LogP contribution in [0.15, 0.2) is 11.1 Å². The molecule has 0 amide bonds. The lowest BCUT2D eigenvalue weighted by Crippen LogP contribution is -2.41. The Morgan fingerprint density at radius 3 is 2.79 bits per heavy atom. The van der Waals surface area contributed by atoms with Gasteiger partial charge in [-0.05, 0) is 19.4 Å². The summed E-state index contributed by atoms with van der Waals surface area (Å²) in [5.74, 6) is -0.708. The monoisotopic (exact) mass is 261 g/mol. The van der Waals surface area contributed by atoms with Gasteiger partial charge in [0, 0.05) is 11.0 Å². The number of nitrogens with zero attached hydrogens (tertiary/aromatic N) is 1. The maximum atomic E-state index is 11.0. The Balaban J connectivity index is 2.63. The molecule has 1 fully saturated rings. The van der Waals surface area contributed by atoms with E-state index in [9.17, 15) is 4.79 Å². The molecule has 1 rings (SSSR count). The van der Waals surface area contributed by atoms with Crippen molar-refractivity contribution in [3.63, 3.8) is 0 Å². The summed E-state index contributed by atoms with van der Waals surface area (Å²) in [6.07, 6.45) is 4.00. The van der Waals surface area contributed by atoms with Gasteiger partial charge in [-0.3, -0.25) is 9.69 Å². The Morgan fingerprint density at radius 1 is 1.50 bits per heavy atom. The molecule has 1 unspecified atom stereocenters. The first-order valence-electron chi connectivity index (χ1n) is 4.91. The first kappa shape index (κ1) is 11.7. The fraction of sp³-hybridized carbons (Fsp3) is 0.700. The van der Waals surface area contributed by atoms with Gasteiger partial charge in [-0.1, -0.05) is 35.4 Å². The molecule has 1 atom stereocenters. The van der Waals surface area contributed by atoms with Gasteiger partial charge in [0.2, 0.25) is 0 Å². The molecule has 1 N–H and O–H groups in total. The van der Waals surface area contributed by atoms with E-state index in [-0.39, 0.29) is 6.04 Å². The molecule has 0 aromatic rings. The maximum Gasteiger partial charge on any atom is 0.320 e. The standard InChI is InChI=1S/C10H16BrNO2/c1-8(11)7-12-6-4-2-3-5-9(12)10(13)14/h9H,1-7H2,(H,13,14). The Labute approximate surface area is 92.9 Å². The minimum Gasteiger partial charge on any atom is -0.480 e. The van der Waals surface area contributed by atoms with Crippen molar-refractivity contribution in [3.05, 3.63) is 11.1 Å². The van der Waals surface area contributed by atoms with Crippen molar-refractivity contribution >= 4 is 21.9 Å². The first-order valence-corrected chi connectivity index (χ1v) is 5.70. The maximum absolute atomic E-state index is 11.0. The summed E-state index contributed by atoms with van der Waals surface area (Å²) in [7, 11) is 0. The lowest BCUT2D eigenvalue weighted by Gasteiger charge is -2.26. The van der Waals surface area contributed by atoms with Crippen molar-refractivity contribution in [2.24, 2.45) is 0 Å². The molecule has 1 heterocycles. The second-order valence-electron chi connectivity index (χ2n) is 3.69. The van der Waals surface area contributed by atoms with Gasteiger partial charge in [0.1, 0.15) is 6.04 Å². The fourth-order valence-electron chi connectivity index (χ4n) is 1.86.